The normalized spacial score (nSPS) is 14.7. The Hall–Kier alpha value is -2.56. The molecule has 0 saturated carbocycles. The summed E-state index contributed by atoms with van der Waals surface area (Å²) in [6, 6.07) is 3.73. The van der Waals surface area contributed by atoms with Crippen LogP contribution in [0, 0.1) is 0 Å². The number of hydrogen-bond acceptors (Lipinski definition) is 4. The lowest BCUT2D eigenvalue weighted by molar-refractivity contribution is 0.590. The molecule has 20 heavy (non-hydrogen) atoms. The van der Waals surface area contributed by atoms with Crippen molar-refractivity contribution >= 4 is 11.5 Å². The Morgan fingerprint density at radius 2 is 1.90 bits per heavy atom. The fraction of sp³-hybridized carbons (Fsp3) is 0.133. The first-order valence-electron chi connectivity index (χ1n) is 6.32. The van der Waals surface area contributed by atoms with Gasteiger partial charge in [0.15, 0.2) is 0 Å². The molecule has 0 aliphatic heterocycles. The summed E-state index contributed by atoms with van der Waals surface area (Å²) in [6.45, 7) is 0. The maximum Gasteiger partial charge on any atom is 0.220 e. The molecule has 1 aliphatic carbocycles. The Labute approximate surface area is 115 Å². The van der Waals surface area contributed by atoms with Gasteiger partial charge in [-0.15, -0.1) is 0 Å². The van der Waals surface area contributed by atoms with Crippen LogP contribution in [-0.2, 0) is 0 Å². The SMILES string of the molecule is Nc1ncc(C2=CC=C(F)CC2)c(-c2ccncc2)n1. The number of halogens is 1. The lowest BCUT2D eigenvalue weighted by Crippen LogP contribution is -2.02. The maximum absolute atomic E-state index is 13.1. The number of anilines is 1. The van der Waals surface area contributed by atoms with Crippen LogP contribution in [0.2, 0.25) is 0 Å². The summed E-state index contributed by atoms with van der Waals surface area (Å²) < 4.78 is 13.1. The van der Waals surface area contributed by atoms with Crippen molar-refractivity contribution in [1.29, 1.82) is 0 Å². The predicted octanol–water partition coefficient (Wildman–Crippen LogP) is 3.15. The molecule has 0 atom stereocenters. The summed E-state index contributed by atoms with van der Waals surface area (Å²) in [5, 5.41) is 0. The Bertz CT molecular complexity index is 692. The minimum Gasteiger partial charge on any atom is -0.368 e. The zero-order valence-corrected chi connectivity index (χ0v) is 10.8. The molecule has 0 unspecified atom stereocenters. The fourth-order valence-electron chi connectivity index (χ4n) is 2.20. The van der Waals surface area contributed by atoms with E-state index in [2.05, 4.69) is 15.0 Å². The molecule has 100 valence electrons. The second kappa shape index (κ2) is 5.21. The summed E-state index contributed by atoms with van der Waals surface area (Å²) in [5.74, 6) is 0.120. The van der Waals surface area contributed by atoms with Crippen molar-refractivity contribution in [3.8, 4) is 11.3 Å². The first-order valence-corrected chi connectivity index (χ1v) is 6.32. The monoisotopic (exact) mass is 268 g/mol. The molecule has 0 amide bonds. The smallest absolute Gasteiger partial charge is 0.220 e. The molecular weight excluding hydrogens is 255 g/mol. The molecule has 0 spiro atoms. The third-order valence-electron chi connectivity index (χ3n) is 3.21. The largest absolute Gasteiger partial charge is 0.368 e. The quantitative estimate of drug-likeness (QED) is 0.908. The molecule has 2 aromatic rings. The Morgan fingerprint density at radius 3 is 2.60 bits per heavy atom. The lowest BCUT2D eigenvalue weighted by atomic mass is 9.95. The molecule has 2 heterocycles. The van der Waals surface area contributed by atoms with E-state index in [9.17, 15) is 4.39 Å². The highest BCUT2D eigenvalue weighted by Crippen LogP contribution is 2.32. The van der Waals surface area contributed by atoms with Crippen LogP contribution in [0.3, 0.4) is 0 Å². The van der Waals surface area contributed by atoms with E-state index in [-0.39, 0.29) is 11.8 Å². The molecule has 3 rings (SSSR count). The molecule has 0 aromatic carbocycles. The van der Waals surface area contributed by atoms with Gasteiger partial charge in [-0.25, -0.2) is 14.4 Å². The highest BCUT2D eigenvalue weighted by molar-refractivity contribution is 5.80. The molecular formula is C15H13FN4. The zero-order chi connectivity index (χ0) is 13.9. The van der Waals surface area contributed by atoms with Crippen LogP contribution >= 0.6 is 0 Å². The lowest BCUT2D eigenvalue weighted by Gasteiger charge is -2.14. The standard InChI is InChI=1S/C15H13FN4/c16-12-3-1-10(2-4-12)13-9-19-15(17)20-14(13)11-5-7-18-8-6-11/h1,3,5-9H,2,4H2,(H2,17,19,20). The first kappa shape index (κ1) is 12.5. The molecule has 2 aromatic heterocycles. The van der Waals surface area contributed by atoms with Gasteiger partial charge in [0, 0.05) is 36.1 Å². The van der Waals surface area contributed by atoms with Gasteiger partial charge in [-0.2, -0.15) is 0 Å². The summed E-state index contributed by atoms with van der Waals surface area (Å²) in [7, 11) is 0. The minimum atomic E-state index is -0.101. The number of rotatable bonds is 2. The van der Waals surface area contributed by atoms with E-state index in [0.29, 0.717) is 12.8 Å². The van der Waals surface area contributed by atoms with Gasteiger partial charge in [0.25, 0.3) is 0 Å². The maximum atomic E-state index is 13.1. The van der Waals surface area contributed by atoms with E-state index < -0.39 is 0 Å². The number of nitrogens with zero attached hydrogens (tertiary/aromatic N) is 3. The number of nitrogen functional groups attached to an aromatic ring is 1. The molecule has 2 N–H and O–H groups in total. The number of nitrogens with two attached hydrogens (primary N) is 1. The van der Waals surface area contributed by atoms with E-state index >= 15 is 0 Å². The van der Waals surface area contributed by atoms with Crippen LogP contribution in [0.4, 0.5) is 10.3 Å². The van der Waals surface area contributed by atoms with Crippen LogP contribution in [0.5, 0.6) is 0 Å². The molecule has 5 heteroatoms. The van der Waals surface area contributed by atoms with Gasteiger partial charge in [0.2, 0.25) is 5.95 Å². The second-order valence-electron chi connectivity index (χ2n) is 4.53. The summed E-state index contributed by atoms with van der Waals surface area (Å²) in [4.78, 5) is 12.4. The van der Waals surface area contributed by atoms with Crippen molar-refractivity contribution in [2.24, 2.45) is 0 Å². The molecule has 0 radical (unpaired) electrons. The van der Waals surface area contributed by atoms with E-state index in [4.69, 9.17) is 5.73 Å². The van der Waals surface area contributed by atoms with Gasteiger partial charge in [0.05, 0.1) is 5.69 Å². The van der Waals surface area contributed by atoms with Gasteiger partial charge in [-0.3, -0.25) is 4.98 Å². The van der Waals surface area contributed by atoms with Gasteiger partial charge in [0.1, 0.15) is 5.83 Å². The Morgan fingerprint density at radius 1 is 1.10 bits per heavy atom. The topological polar surface area (TPSA) is 64.7 Å². The van der Waals surface area contributed by atoms with Crippen molar-refractivity contribution < 1.29 is 4.39 Å². The van der Waals surface area contributed by atoms with Gasteiger partial charge >= 0.3 is 0 Å². The molecule has 0 fully saturated rings. The Kier molecular flexibility index (Phi) is 3.25. The van der Waals surface area contributed by atoms with Crippen LogP contribution in [0.15, 0.2) is 48.7 Å². The van der Waals surface area contributed by atoms with Crippen molar-refractivity contribution in [3.63, 3.8) is 0 Å². The van der Waals surface area contributed by atoms with Crippen molar-refractivity contribution in [3.05, 3.63) is 54.3 Å². The molecule has 0 bridgehead atoms. The van der Waals surface area contributed by atoms with Crippen LogP contribution in [0.25, 0.3) is 16.8 Å². The van der Waals surface area contributed by atoms with E-state index in [1.54, 1.807) is 24.7 Å². The second-order valence-corrected chi connectivity index (χ2v) is 4.53. The third-order valence-corrected chi connectivity index (χ3v) is 3.21. The molecule has 1 aliphatic rings. The number of hydrogen-bond donors (Lipinski definition) is 1. The van der Waals surface area contributed by atoms with Crippen molar-refractivity contribution in [2.75, 3.05) is 5.73 Å². The molecule has 0 saturated heterocycles. The summed E-state index contributed by atoms with van der Waals surface area (Å²) in [5.41, 5.74) is 9.25. The summed E-state index contributed by atoms with van der Waals surface area (Å²) >= 11 is 0. The molecule has 4 nitrogen and oxygen atoms in total. The minimum absolute atomic E-state index is 0.101. The van der Waals surface area contributed by atoms with E-state index in [0.717, 1.165) is 22.4 Å². The predicted molar refractivity (Wildman–Crippen MR) is 76.1 cm³/mol. The van der Waals surface area contributed by atoms with E-state index in [1.165, 1.54) is 6.08 Å². The summed E-state index contributed by atoms with van der Waals surface area (Å²) in [6.07, 6.45) is 9.41. The average Bonchev–Trinajstić information content (AvgIpc) is 2.49. The number of pyridine rings is 1. The highest BCUT2D eigenvalue weighted by atomic mass is 19.1. The number of aromatic nitrogens is 3. The van der Waals surface area contributed by atoms with Gasteiger partial charge in [-0.1, -0.05) is 6.08 Å². The van der Waals surface area contributed by atoms with Crippen LogP contribution < -0.4 is 5.73 Å². The zero-order valence-electron chi connectivity index (χ0n) is 10.8. The average molecular weight is 268 g/mol. The van der Waals surface area contributed by atoms with Crippen LogP contribution in [0.1, 0.15) is 18.4 Å². The number of allylic oxidation sites excluding steroid dienone is 4. The van der Waals surface area contributed by atoms with Crippen LogP contribution in [-0.4, -0.2) is 15.0 Å². The third kappa shape index (κ3) is 2.42. The van der Waals surface area contributed by atoms with Gasteiger partial charge < -0.3 is 5.73 Å². The first-order chi connectivity index (χ1) is 9.74. The fourth-order valence-corrected chi connectivity index (χ4v) is 2.20. The van der Waals surface area contributed by atoms with Crippen molar-refractivity contribution in [2.45, 2.75) is 12.8 Å². The highest BCUT2D eigenvalue weighted by Gasteiger charge is 2.15. The van der Waals surface area contributed by atoms with Gasteiger partial charge in [-0.05, 0) is 30.2 Å². The Balaban J connectivity index is 2.13. The van der Waals surface area contributed by atoms with Crippen molar-refractivity contribution in [1.82, 2.24) is 15.0 Å². The van der Waals surface area contributed by atoms with E-state index in [1.807, 2.05) is 12.1 Å².